The van der Waals surface area contributed by atoms with Crippen LogP contribution in [0.4, 0.5) is 17.3 Å². The molecule has 0 atom stereocenters. The number of amides is 1. The van der Waals surface area contributed by atoms with Gasteiger partial charge < -0.3 is 10.6 Å². The van der Waals surface area contributed by atoms with Crippen molar-refractivity contribution in [1.29, 1.82) is 0 Å². The van der Waals surface area contributed by atoms with E-state index in [-0.39, 0.29) is 11.7 Å². The average Bonchev–Trinajstić information content (AvgIpc) is 2.64. The van der Waals surface area contributed by atoms with Gasteiger partial charge in [-0.1, -0.05) is 30.3 Å². The van der Waals surface area contributed by atoms with Crippen LogP contribution in [0.2, 0.25) is 0 Å². The van der Waals surface area contributed by atoms with Gasteiger partial charge in [0.25, 0.3) is 5.91 Å². The molecule has 2 aromatic carbocycles. The molecule has 0 saturated carbocycles. The number of hydrogen-bond donors (Lipinski definition) is 2. The molecule has 3 rings (SSSR count). The number of anilines is 3. The number of hydrogen-bond acceptors (Lipinski definition) is 5. The molecule has 3 aromatic rings. The van der Waals surface area contributed by atoms with Gasteiger partial charge in [-0.05, 0) is 43.3 Å². The van der Waals surface area contributed by atoms with E-state index in [0.717, 1.165) is 5.69 Å². The Kier molecular flexibility index (Phi) is 4.80. The first-order chi connectivity index (χ1) is 12.1. The van der Waals surface area contributed by atoms with Crippen molar-refractivity contribution in [1.82, 2.24) is 10.2 Å². The van der Waals surface area contributed by atoms with Gasteiger partial charge in [0.15, 0.2) is 17.4 Å². The van der Waals surface area contributed by atoms with Crippen molar-refractivity contribution in [3.8, 4) is 0 Å². The first-order valence-electron chi connectivity index (χ1n) is 7.70. The fraction of sp³-hybridized carbons (Fsp3) is 0.0526. The standard InChI is InChI=1S/C19H16N4O2/c1-13(24)15-8-5-9-16(12-15)20-17-10-11-18(23-22-17)21-19(25)14-6-3-2-4-7-14/h2-12H,1H3,(H,20,22)(H,21,23,25). The van der Waals surface area contributed by atoms with E-state index in [4.69, 9.17) is 0 Å². The van der Waals surface area contributed by atoms with E-state index in [1.807, 2.05) is 12.1 Å². The van der Waals surface area contributed by atoms with Crippen LogP contribution in [-0.2, 0) is 0 Å². The lowest BCUT2D eigenvalue weighted by Gasteiger charge is -2.07. The summed E-state index contributed by atoms with van der Waals surface area (Å²) in [7, 11) is 0. The fourth-order valence-electron chi connectivity index (χ4n) is 2.21. The zero-order chi connectivity index (χ0) is 17.6. The largest absolute Gasteiger partial charge is 0.339 e. The zero-order valence-electron chi connectivity index (χ0n) is 13.6. The van der Waals surface area contributed by atoms with Crippen LogP contribution >= 0.6 is 0 Å². The minimum atomic E-state index is -0.246. The highest BCUT2D eigenvalue weighted by Gasteiger charge is 2.07. The number of carbonyl (C=O) groups excluding carboxylic acids is 2. The topological polar surface area (TPSA) is 84.0 Å². The van der Waals surface area contributed by atoms with E-state index in [0.29, 0.717) is 22.8 Å². The van der Waals surface area contributed by atoms with E-state index < -0.39 is 0 Å². The fourth-order valence-corrected chi connectivity index (χ4v) is 2.21. The van der Waals surface area contributed by atoms with Gasteiger partial charge in [0, 0.05) is 16.8 Å². The molecule has 0 bridgehead atoms. The number of rotatable bonds is 5. The molecule has 1 heterocycles. The van der Waals surface area contributed by atoms with Crippen LogP contribution in [0, 0.1) is 0 Å². The molecule has 25 heavy (non-hydrogen) atoms. The number of aromatic nitrogens is 2. The maximum atomic E-state index is 12.1. The Balaban J connectivity index is 1.67. The van der Waals surface area contributed by atoms with Gasteiger partial charge in [-0.3, -0.25) is 9.59 Å². The smallest absolute Gasteiger partial charge is 0.256 e. The van der Waals surface area contributed by atoms with Crippen LogP contribution in [0.3, 0.4) is 0 Å². The normalized spacial score (nSPS) is 10.1. The Morgan fingerprint density at radius 1 is 0.800 bits per heavy atom. The van der Waals surface area contributed by atoms with Crippen molar-refractivity contribution in [2.75, 3.05) is 10.6 Å². The van der Waals surface area contributed by atoms with Crippen molar-refractivity contribution in [3.05, 3.63) is 77.9 Å². The number of benzene rings is 2. The van der Waals surface area contributed by atoms with Crippen LogP contribution in [0.25, 0.3) is 0 Å². The Morgan fingerprint density at radius 2 is 1.48 bits per heavy atom. The summed E-state index contributed by atoms with van der Waals surface area (Å²) in [6.45, 7) is 1.52. The van der Waals surface area contributed by atoms with E-state index in [9.17, 15) is 9.59 Å². The summed E-state index contributed by atoms with van der Waals surface area (Å²) in [5.74, 6) is 0.619. The summed E-state index contributed by atoms with van der Waals surface area (Å²) in [6.07, 6.45) is 0. The summed E-state index contributed by atoms with van der Waals surface area (Å²) in [4.78, 5) is 23.5. The molecule has 1 amide bonds. The zero-order valence-corrected chi connectivity index (χ0v) is 13.6. The average molecular weight is 332 g/mol. The number of ketones is 1. The minimum absolute atomic E-state index is 0.00583. The second kappa shape index (κ2) is 7.35. The number of carbonyl (C=O) groups is 2. The Morgan fingerprint density at radius 3 is 2.16 bits per heavy atom. The molecule has 1 aromatic heterocycles. The predicted molar refractivity (Wildman–Crippen MR) is 96.2 cm³/mol. The second-order valence-electron chi connectivity index (χ2n) is 5.39. The second-order valence-corrected chi connectivity index (χ2v) is 5.39. The molecule has 0 aliphatic rings. The Labute approximate surface area is 144 Å². The summed E-state index contributed by atoms with van der Waals surface area (Å²) >= 11 is 0. The van der Waals surface area contributed by atoms with Gasteiger partial charge in [-0.2, -0.15) is 0 Å². The van der Waals surface area contributed by atoms with Crippen LogP contribution in [0.15, 0.2) is 66.7 Å². The van der Waals surface area contributed by atoms with Crippen molar-refractivity contribution >= 4 is 29.0 Å². The highest BCUT2D eigenvalue weighted by atomic mass is 16.1. The van der Waals surface area contributed by atoms with Gasteiger partial charge >= 0.3 is 0 Å². The number of nitrogens with zero attached hydrogens (tertiary/aromatic N) is 2. The van der Waals surface area contributed by atoms with Crippen molar-refractivity contribution < 1.29 is 9.59 Å². The van der Waals surface area contributed by atoms with E-state index in [1.165, 1.54) is 6.92 Å². The van der Waals surface area contributed by atoms with Crippen LogP contribution in [-0.4, -0.2) is 21.9 Å². The molecular weight excluding hydrogens is 316 g/mol. The van der Waals surface area contributed by atoms with Crippen LogP contribution in [0.5, 0.6) is 0 Å². The molecule has 124 valence electrons. The van der Waals surface area contributed by atoms with Gasteiger partial charge in [-0.25, -0.2) is 0 Å². The maximum absolute atomic E-state index is 12.1. The molecule has 0 aliphatic carbocycles. The summed E-state index contributed by atoms with van der Waals surface area (Å²) in [5, 5.41) is 13.8. The van der Waals surface area contributed by atoms with Gasteiger partial charge in [0.05, 0.1) is 0 Å². The quantitative estimate of drug-likeness (QED) is 0.696. The first-order valence-corrected chi connectivity index (χ1v) is 7.70. The summed E-state index contributed by atoms with van der Waals surface area (Å²) in [6, 6.07) is 19.4. The van der Waals surface area contributed by atoms with Crippen LogP contribution in [0.1, 0.15) is 27.6 Å². The lowest BCUT2D eigenvalue weighted by Crippen LogP contribution is -2.13. The third-order valence-corrected chi connectivity index (χ3v) is 3.48. The summed E-state index contributed by atoms with van der Waals surface area (Å²) in [5.41, 5.74) is 1.90. The molecule has 0 radical (unpaired) electrons. The van der Waals surface area contributed by atoms with Gasteiger partial charge in [-0.15, -0.1) is 10.2 Å². The molecule has 2 N–H and O–H groups in total. The highest BCUT2D eigenvalue weighted by Crippen LogP contribution is 2.17. The van der Waals surface area contributed by atoms with E-state index >= 15 is 0 Å². The van der Waals surface area contributed by atoms with Crippen LogP contribution < -0.4 is 10.6 Å². The monoisotopic (exact) mass is 332 g/mol. The Bertz CT molecular complexity index is 893. The maximum Gasteiger partial charge on any atom is 0.256 e. The van der Waals surface area contributed by atoms with Gasteiger partial charge in [0.1, 0.15) is 0 Å². The lowest BCUT2D eigenvalue weighted by atomic mass is 10.1. The molecule has 0 saturated heterocycles. The van der Waals surface area contributed by atoms with E-state index in [2.05, 4.69) is 20.8 Å². The third-order valence-electron chi connectivity index (χ3n) is 3.48. The summed E-state index contributed by atoms with van der Waals surface area (Å²) < 4.78 is 0. The Hall–Kier alpha value is -3.54. The predicted octanol–water partition coefficient (Wildman–Crippen LogP) is 3.68. The third kappa shape index (κ3) is 4.26. The molecule has 0 aliphatic heterocycles. The lowest BCUT2D eigenvalue weighted by molar-refractivity contribution is 0.101. The molecular formula is C19H16N4O2. The number of Topliss-reactive ketones (excluding diaryl/α,β-unsaturated/α-hetero) is 1. The minimum Gasteiger partial charge on any atom is -0.339 e. The van der Waals surface area contributed by atoms with E-state index in [1.54, 1.807) is 54.6 Å². The molecule has 0 fully saturated rings. The molecule has 0 spiro atoms. The highest BCUT2D eigenvalue weighted by molar-refractivity contribution is 6.03. The van der Waals surface area contributed by atoms with Crippen molar-refractivity contribution in [2.45, 2.75) is 6.92 Å². The SMILES string of the molecule is CC(=O)c1cccc(Nc2ccc(NC(=O)c3ccccc3)nn2)c1. The molecule has 6 heteroatoms. The van der Waals surface area contributed by atoms with Crippen molar-refractivity contribution in [3.63, 3.8) is 0 Å². The molecule has 0 unspecified atom stereocenters. The molecule has 6 nitrogen and oxygen atoms in total. The number of nitrogens with one attached hydrogen (secondary N) is 2. The van der Waals surface area contributed by atoms with Crippen molar-refractivity contribution in [2.24, 2.45) is 0 Å². The van der Waals surface area contributed by atoms with Gasteiger partial charge in [0.2, 0.25) is 0 Å². The first kappa shape index (κ1) is 16.3.